The molecule has 0 aliphatic heterocycles. The van der Waals surface area contributed by atoms with Crippen LogP contribution in [0.2, 0.25) is 0 Å². The number of rotatable bonds is 4. The molecule has 0 spiro atoms. The molecule has 0 fully saturated rings. The Morgan fingerprint density at radius 3 is 2.89 bits per heavy atom. The molecule has 0 radical (unpaired) electrons. The Bertz CT molecular complexity index is 515. The number of aryl methyl sites for hydroxylation is 1. The van der Waals surface area contributed by atoms with Gasteiger partial charge < -0.3 is 5.11 Å². The molecule has 102 valence electrons. The molecular weight excluding hydrogens is 328 g/mol. The normalized spacial score (nSPS) is 18.9. The maximum atomic E-state index is 11.4. The van der Waals surface area contributed by atoms with E-state index in [0.717, 1.165) is 34.6 Å². The third kappa shape index (κ3) is 3.39. The number of fused-ring (bicyclic) bond motifs is 1. The van der Waals surface area contributed by atoms with Crippen LogP contribution < -0.4 is 0 Å². The molecule has 0 amide bonds. The number of carboxylic acid groups (broad SMARTS) is 1. The monoisotopic (exact) mass is 342 g/mol. The maximum absolute atomic E-state index is 11.4. The zero-order valence-electron chi connectivity index (χ0n) is 10.6. The standard InChI is InChI=1S/C14H15BrO3S/c1-8(16)19-7-13(14(17)18)12-4-2-9-6-10(15)3-5-11(9)12/h3,5-6,12-13H,2,4,7H2,1H3,(H,17,18). The Balaban J connectivity index is 2.21. The van der Waals surface area contributed by atoms with E-state index in [4.69, 9.17) is 0 Å². The number of aliphatic carboxylic acids is 1. The molecule has 0 saturated heterocycles. The smallest absolute Gasteiger partial charge is 0.307 e. The molecule has 1 aromatic carbocycles. The summed E-state index contributed by atoms with van der Waals surface area (Å²) in [4.78, 5) is 22.5. The maximum Gasteiger partial charge on any atom is 0.307 e. The van der Waals surface area contributed by atoms with E-state index in [0.29, 0.717) is 5.75 Å². The van der Waals surface area contributed by atoms with Gasteiger partial charge >= 0.3 is 5.97 Å². The van der Waals surface area contributed by atoms with Crippen molar-refractivity contribution in [1.82, 2.24) is 0 Å². The summed E-state index contributed by atoms with van der Waals surface area (Å²) in [7, 11) is 0. The van der Waals surface area contributed by atoms with Gasteiger partial charge in [0.15, 0.2) is 5.12 Å². The highest BCUT2D eigenvalue weighted by Gasteiger charge is 2.34. The largest absolute Gasteiger partial charge is 0.481 e. The van der Waals surface area contributed by atoms with Crippen molar-refractivity contribution < 1.29 is 14.7 Å². The first-order chi connectivity index (χ1) is 8.99. The van der Waals surface area contributed by atoms with Crippen molar-refractivity contribution in [3.05, 3.63) is 33.8 Å². The third-order valence-corrected chi connectivity index (χ3v) is 4.92. The van der Waals surface area contributed by atoms with E-state index < -0.39 is 11.9 Å². The highest BCUT2D eigenvalue weighted by molar-refractivity contribution is 9.10. The summed E-state index contributed by atoms with van der Waals surface area (Å²) in [6.45, 7) is 1.48. The van der Waals surface area contributed by atoms with Crippen molar-refractivity contribution in [1.29, 1.82) is 0 Å². The number of carbonyl (C=O) groups is 2. The molecule has 3 nitrogen and oxygen atoms in total. The van der Waals surface area contributed by atoms with Crippen LogP contribution in [-0.2, 0) is 16.0 Å². The van der Waals surface area contributed by atoms with Crippen LogP contribution in [0.3, 0.4) is 0 Å². The first-order valence-corrected chi connectivity index (χ1v) is 7.91. The van der Waals surface area contributed by atoms with Crippen molar-refractivity contribution in [2.24, 2.45) is 5.92 Å². The molecule has 2 rings (SSSR count). The molecule has 1 aliphatic rings. The van der Waals surface area contributed by atoms with Crippen molar-refractivity contribution in [3.63, 3.8) is 0 Å². The van der Waals surface area contributed by atoms with E-state index in [-0.39, 0.29) is 11.0 Å². The number of halogens is 1. The molecular formula is C14H15BrO3S. The van der Waals surface area contributed by atoms with E-state index >= 15 is 0 Å². The van der Waals surface area contributed by atoms with Crippen LogP contribution in [0.1, 0.15) is 30.4 Å². The molecule has 5 heteroatoms. The summed E-state index contributed by atoms with van der Waals surface area (Å²) in [6.07, 6.45) is 1.76. The molecule has 1 aliphatic carbocycles. The Hall–Kier alpha value is -0.810. The van der Waals surface area contributed by atoms with E-state index in [1.54, 1.807) is 0 Å². The molecule has 2 unspecified atom stereocenters. The average Bonchev–Trinajstić information content (AvgIpc) is 2.71. The van der Waals surface area contributed by atoms with Crippen LogP contribution >= 0.6 is 27.7 Å². The second-order valence-electron chi connectivity index (χ2n) is 4.74. The Labute approximate surface area is 124 Å². The van der Waals surface area contributed by atoms with Crippen LogP contribution in [0.15, 0.2) is 22.7 Å². The van der Waals surface area contributed by atoms with E-state index in [2.05, 4.69) is 22.0 Å². The molecule has 1 N–H and O–H groups in total. The van der Waals surface area contributed by atoms with Gasteiger partial charge in [0.2, 0.25) is 0 Å². The van der Waals surface area contributed by atoms with Gasteiger partial charge in [0, 0.05) is 17.1 Å². The van der Waals surface area contributed by atoms with Crippen LogP contribution in [0.25, 0.3) is 0 Å². The van der Waals surface area contributed by atoms with Gasteiger partial charge in [-0.1, -0.05) is 33.8 Å². The number of hydrogen-bond donors (Lipinski definition) is 1. The fraction of sp³-hybridized carbons (Fsp3) is 0.429. The lowest BCUT2D eigenvalue weighted by atomic mass is 9.88. The third-order valence-electron chi connectivity index (χ3n) is 3.50. The van der Waals surface area contributed by atoms with Crippen LogP contribution in [-0.4, -0.2) is 21.9 Å². The number of carboxylic acids is 1. The Morgan fingerprint density at radius 2 is 2.26 bits per heavy atom. The molecule has 0 heterocycles. The lowest BCUT2D eigenvalue weighted by Gasteiger charge is -2.19. The topological polar surface area (TPSA) is 54.4 Å². The summed E-state index contributed by atoms with van der Waals surface area (Å²) in [5, 5.41) is 9.37. The van der Waals surface area contributed by atoms with Gasteiger partial charge in [-0.3, -0.25) is 9.59 Å². The minimum Gasteiger partial charge on any atom is -0.481 e. The van der Waals surface area contributed by atoms with Crippen molar-refractivity contribution in [3.8, 4) is 0 Å². The number of thioether (sulfide) groups is 1. The zero-order valence-corrected chi connectivity index (χ0v) is 13.0. The Kier molecular flexibility index (Phi) is 4.68. The first-order valence-electron chi connectivity index (χ1n) is 6.13. The summed E-state index contributed by atoms with van der Waals surface area (Å²) >= 11 is 4.54. The summed E-state index contributed by atoms with van der Waals surface area (Å²) in [5.41, 5.74) is 2.35. The number of hydrogen-bond acceptors (Lipinski definition) is 3. The zero-order chi connectivity index (χ0) is 14.0. The Morgan fingerprint density at radius 1 is 1.53 bits per heavy atom. The fourth-order valence-electron chi connectivity index (χ4n) is 2.60. The molecule has 19 heavy (non-hydrogen) atoms. The average molecular weight is 343 g/mol. The van der Waals surface area contributed by atoms with E-state index in [1.165, 1.54) is 12.5 Å². The second-order valence-corrected chi connectivity index (χ2v) is 6.85. The van der Waals surface area contributed by atoms with Gasteiger partial charge in [0.05, 0.1) is 5.92 Å². The van der Waals surface area contributed by atoms with Gasteiger partial charge in [-0.05, 0) is 42.0 Å². The lowest BCUT2D eigenvalue weighted by molar-refractivity contribution is -0.141. The predicted octanol–water partition coefficient (Wildman–Crippen LogP) is 3.46. The van der Waals surface area contributed by atoms with Crippen LogP contribution in [0.4, 0.5) is 0 Å². The SMILES string of the molecule is CC(=O)SCC(C(=O)O)C1CCc2cc(Br)ccc21. The van der Waals surface area contributed by atoms with Crippen LogP contribution in [0, 0.1) is 5.92 Å². The highest BCUT2D eigenvalue weighted by atomic mass is 79.9. The molecule has 0 aromatic heterocycles. The van der Waals surface area contributed by atoms with Crippen molar-refractivity contribution in [2.75, 3.05) is 5.75 Å². The van der Waals surface area contributed by atoms with E-state index in [1.807, 2.05) is 12.1 Å². The number of carbonyl (C=O) groups excluding carboxylic acids is 1. The molecule has 0 bridgehead atoms. The van der Waals surface area contributed by atoms with Gasteiger partial charge in [-0.15, -0.1) is 0 Å². The minimum atomic E-state index is -0.811. The summed E-state index contributed by atoms with van der Waals surface area (Å²) < 4.78 is 1.02. The first kappa shape index (κ1) is 14.6. The van der Waals surface area contributed by atoms with Crippen molar-refractivity contribution in [2.45, 2.75) is 25.7 Å². The molecule has 1 aromatic rings. The highest BCUT2D eigenvalue weighted by Crippen LogP contribution is 2.40. The molecule has 0 saturated carbocycles. The van der Waals surface area contributed by atoms with E-state index in [9.17, 15) is 14.7 Å². The van der Waals surface area contributed by atoms with Crippen molar-refractivity contribution >= 4 is 38.8 Å². The van der Waals surface area contributed by atoms with Crippen LogP contribution in [0.5, 0.6) is 0 Å². The lowest BCUT2D eigenvalue weighted by Crippen LogP contribution is -2.23. The van der Waals surface area contributed by atoms with Gasteiger partial charge in [-0.2, -0.15) is 0 Å². The summed E-state index contributed by atoms with van der Waals surface area (Å²) in [5.74, 6) is -0.927. The number of benzene rings is 1. The second kappa shape index (κ2) is 6.09. The quantitative estimate of drug-likeness (QED) is 0.910. The van der Waals surface area contributed by atoms with Gasteiger partial charge in [0.1, 0.15) is 0 Å². The molecule has 2 atom stereocenters. The predicted molar refractivity (Wildman–Crippen MR) is 79.5 cm³/mol. The van der Waals surface area contributed by atoms with Gasteiger partial charge in [0.25, 0.3) is 0 Å². The van der Waals surface area contributed by atoms with Gasteiger partial charge in [-0.25, -0.2) is 0 Å². The fourth-order valence-corrected chi connectivity index (χ4v) is 3.80. The summed E-state index contributed by atoms with van der Waals surface area (Å²) in [6, 6.07) is 6.02. The minimum absolute atomic E-state index is 0.0208.